The first-order valence-corrected chi connectivity index (χ1v) is 4.42. The zero-order chi connectivity index (χ0) is 9.14. The number of nitro benzene ring substituents is 1. The van der Waals surface area contributed by atoms with E-state index in [2.05, 4.69) is 22.9 Å². The van der Waals surface area contributed by atoms with Crippen molar-refractivity contribution >= 4 is 21.6 Å². The number of non-ortho nitro benzene ring substituents is 1. The van der Waals surface area contributed by atoms with Gasteiger partial charge in [0.25, 0.3) is 5.69 Å². The predicted octanol–water partition coefficient (Wildman–Crippen LogP) is 2.67. The van der Waals surface area contributed by atoms with Crippen LogP contribution in [0.2, 0.25) is 0 Å². The van der Waals surface area contributed by atoms with E-state index in [9.17, 15) is 10.1 Å². The molecular formula is C8H7BrNO2. The maximum absolute atomic E-state index is 10.4. The molecule has 0 saturated carbocycles. The Morgan fingerprint density at radius 2 is 2.25 bits per heavy atom. The van der Waals surface area contributed by atoms with E-state index in [-0.39, 0.29) is 5.69 Å². The molecule has 1 aromatic rings. The number of halogens is 1. The molecule has 1 rings (SSSR count). The quantitative estimate of drug-likeness (QED) is 0.444. The Morgan fingerprint density at radius 3 is 2.75 bits per heavy atom. The third-order valence-electron chi connectivity index (χ3n) is 1.54. The topological polar surface area (TPSA) is 43.1 Å². The van der Waals surface area contributed by atoms with Crippen LogP contribution in [0.5, 0.6) is 0 Å². The fourth-order valence-corrected chi connectivity index (χ4v) is 1.37. The fraction of sp³-hybridized carbons (Fsp3) is 0.125. The molecule has 0 aromatic heterocycles. The van der Waals surface area contributed by atoms with Gasteiger partial charge < -0.3 is 0 Å². The van der Waals surface area contributed by atoms with E-state index in [4.69, 9.17) is 0 Å². The molecule has 1 aromatic carbocycles. The molecule has 0 aliphatic heterocycles. The van der Waals surface area contributed by atoms with Crippen LogP contribution in [0.4, 0.5) is 5.69 Å². The van der Waals surface area contributed by atoms with Gasteiger partial charge in [-0.3, -0.25) is 10.1 Å². The highest BCUT2D eigenvalue weighted by atomic mass is 79.9. The van der Waals surface area contributed by atoms with Crippen molar-refractivity contribution < 1.29 is 4.92 Å². The van der Waals surface area contributed by atoms with Crippen LogP contribution in [0.1, 0.15) is 11.1 Å². The van der Waals surface area contributed by atoms with Crippen molar-refractivity contribution in [2.45, 2.75) is 5.33 Å². The van der Waals surface area contributed by atoms with Gasteiger partial charge >= 0.3 is 0 Å². The SMILES string of the molecule is [CH2]c1ccc([N+](=O)[O-])cc1CBr. The van der Waals surface area contributed by atoms with Gasteiger partial charge in [-0.1, -0.05) is 22.0 Å². The Hall–Kier alpha value is -0.900. The minimum Gasteiger partial charge on any atom is -0.258 e. The van der Waals surface area contributed by atoms with Crippen LogP contribution in [0.3, 0.4) is 0 Å². The van der Waals surface area contributed by atoms with Crippen LogP contribution >= 0.6 is 15.9 Å². The van der Waals surface area contributed by atoms with Gasteiger partial charge in [0, 0.05) is 17.5 Å². The molecule has 3 nitrogen and oxygen atoms in total. The summed E-state index contributed by atoms with van der Waals surface area (Å²) in [6, 6.07) is 4.63. The number of hydrogen-bond acceptors (Lipinski definition) is 2. The molecule has 0 atom stereocenters. The smallest absolute Gasteiger partial charge is 0.258 e. The molecule has 4 heteroatoms. The van der Waals surface area contributed by atoms with Gasteiger partial charge in [-0.05, 0) is 18.1 Å². The molecule has 1 radical (unpaired) electrons. The molecule has 0 saturated heterocycles. The first-order chi connectivity index (χ1) is 5.65. The molecule has 0 fully saturated rings. The Bertz CT molecular complexity index is 312. The number of nitro groups is 1. The Balaban J connectivity index is 3.13. The monoisotopic (exact) mass is 228 g/mol. The average molecular weight is 229 g/mol. The number of rotatable bonds is 2. The van der Waals surface area contributed by atoms with Gasteiger partial charge in [0.1, 0.15) is 0 Å². The third kappa shape index (κ3) is 1.82. The van der Waals surface area contributed by atoms with Crippen molar-refractivity contribution in [3.8, 4) is 0 Å². The van der Waals surface area contributed by atoms with Gasteiger partial charge in [0.05, 0.1) is 4.92 Å². The number of alkyl halides is 1. The maximum Gasteiger partial charge on any atom is 0.269 e. The Morgan fingerprint density at radius 1 is 1.58 bits per heavy atom. The highest BCUT2D eigenvalue weighted by Crippen LogP contribution is 2.18. The van der Waals surface area contributed by atoms with Crippen LogP contribution in [-0.2, 0) is 5.33 Å². The average Bonchev–Trinajstić information content (AvgIpc) is 2.05. The normalized spacial score (nSPS) is 9.83. The molecular weight excluding hydrogens is 222 g/mol. The van der Waals surface area contributed by atoms with Gasteiger partial charge in [-0.2, -0.15) is 0 Å². The van der Waals surface area contributed by atoms with Gasteiger partial charge in [0.15, 0.2) is 0 Å². The summed E-state index contributed by atoms with van der Waals surface area (Å²) in [5.74, 6) is 0. The summed E-state index contributed by atoms with van der Waals surface area (Å²) in [7, 11) is 0. The van der Waals surface area contributed by atoms with Crippen molar-refractivity contribution in [1.82, 2.24) is 0 Å². The standard InChI is InChI=1S/C8H7BrNO2/c1-6-2-3-8(10(11)12)4-7(6)5-9/h2-4H,1,5H2. The fourth-order valence-electron chi connectivity index (χ4n) is 0.850. The lowest BCUT2D eigenvalue weighted by Crippen LogP contribution is -1.91. The summed E-state index contributed by atoms with van der Waals surface area (Å²) >= 11 is 3.23. The highest BCUT2D eigenvalue weighted by Gasteiger charge is 2.06. The largest absolute Gasteiger partial charge is 0.269 e. The van der Waals surface area contributed by atoms with Crippen LogP contribution < -0.4 is 0 Å². The molecule has 0 unspecified atom stereocenters. The minimum atomic E-state index is -0.411. The summed E-state index contributed by atoms with van der Waals surface area (Å²) in [5, 5.41) is 10.9. The van der Waals surface area contributed by atoms with Crippen molar-refractivity contribution in [2.75, 3.05) is 0 Å². The summed E-state index contributed by atoms with van der Waals surface area (Å²) in [5.41, 5.74) is 1.78. The lowest BCUT2D eigenvalue weighted by Gasteiger charge is -1.99. The summed E-state index contributed by atoms with van der Waals surface area (Å²) in [6.45, 7) is 3.74. The summed E-state index contributed by atoms with van der Waals surface area (Å²) < 4.78 is 0. The van der Waals surface area contributed by atoms with Crippen LogP contribution in [-0.4, -0.2) is 4.92 Å². The lowest BCUT2D eigenvalue weighted by atomic mass is 10.1. The summed E-state index contributed by atoms with van der Waals surface area (Å²) in [4.78, 5) is 9.94. The molecule has 12 heavy (non-hydrogen) atoms. The van der Waals surface area contributed by atoms with E-state index in [1.807, 2.05) is 0 Å². The number of hydrogen-bond donors (Lipinski definition) is 0. The first-order valence-electron chi connectivity index (χ1n) is 3.30. The van der Waals surface area contributed by atoms with E-state index in [1.54, 1.807) is 6.07 Å². The van der Waals surface area contributed by atoms with E-state index in [0.717, 1.165) is 11.1 Å². The van der Waals surface area contributed by atoms with E-state index < -0.39 is 4.92 Å². The van der Waals surface area contributed by atoms with E-state index in [0.29, 0.717) is 5.33 Å². The zero-order valence-electron chi connectivity index (χ0n) is 6.29. The van der Waals surface area contributed by atoms with Gasteiger partial charge in [0.2, 0.25) is 0 Å². The lowest BCUT2D eigenvalue weighted by molar-refractivity contribution is -0.384. The van der Waals surface area contributed by atoms with E-state index >= 15 is 0 Å². The first kappa shape index (κ1) is 9.19. The van der Waals surface area contributed by atoms with Crippen molar-refractivity contribution in [3.05, 3.63) is 46.4 Å². The molecule has 0 heterocycles. The second-order valence-electron chi connectivity index (χ2n) is 2.34. The maximum atomic E-state index is 10.4. The van der Waals surface area contributed by atoms with Crippen molar-refractivity contribution in [1.29, 1.82) is 0 Å². The molecule has 0 aliphatic carbocycles. The number of nitrogens with zero attached hydrogens (tertiary/aromatic N) is 1. The zero-order valence-corrected chi connectivity index (χ0v) is 7.87. The molecule has 0 amide bonds. The molecule has 0 spiro atoms. The predicted molar refractivity (Wildman–Crippen MR) is 50.2 cm³/mol. The molecule has 0 aliphatic rings. The highest BCUT2D eigenvalue weighted by molar-refractivity contribution is 9.08. The van der Waals surface area contributed by atoms with Crippen LogP contribution in [0, 0.1) is 17.0 Å². The van der Waals surface area contributed by atoms with Crippen molar-refractivity contribution in [3.63, 3.8) is 0 Å². The Kier molecular flexibility index (Phi) is 2.81. The second-order valence-corrected chi connectivity index (χ2v) is 2.90. The third-order valence-corrected chi connectivity index (χ3v) is 2.15. The Labute approximate surface area is 78.7 Å². The van der Waals surface area contributed by atoms with E-state index in [1.165, 1.54) is 12.1 Å². The minimum absolute atomic E-state index is 0.108. The van der Waals surface area contributed by atoms with Crippen LogP contribution in [0.15, 0.2) is 18.2 Å². The van der Waals surface area contributed by atoms with Crippen LogP contribution in [0.25, 0.3) is 0 Å². The van der Waals surface area contributed by atoms with Gasteiger partial charge in [-0.25, -0.2) is 0 Å². The van der Waals surface area contributed by atoms with Crippen molar-refractivity contribution in [2.24, 2.45) is 0 Å². The summed E-state index contributed by atoms with van der Waals surface area (Å²) in [6.07, 6.45) is 0. The molecule has 0 N–H and O–H groups in total. The molecule has 0 bridgehead atoms. The number of benzene rings is 1. The molecule has 63 valence electrons. The second kappa shape index (κ2) is 3.67. The van der Waals surface area contributed by atoms with Gasteiger partial charge in [-0.15, -0.1) is 0 Å².